The summed E-state index contributed by atoms with van der Waals surface area (Å²) in [5.41, 5.74) is 2.69. The van der Waals surface area contributed by atoms with Gasteiger partial charge in [0.2, 0.25) is 0 Å². The lowest BCUT2D eigenvalue weighted by Gasteiger charge is -2.35. The minimum absolute atomic E-state index is 0.0648. The maximum absolute atomic E-state index is 13.1. The Morgan fingerprint density at radius 1 is 1.20 bits per heavy atom. The van der Waals surface area contributed by atoms with Crippen molar-refractivity contribution in [3.05, 3.63) is 54.1 Å². The Hall–Kier alpha value is -2.96. The van der Waals surface area contributed by atoms with E-state index in [-0.39, 0.29) is 11.9 Å². The van der Waals surface area contributed by atoms with Crippen LogP contribution in [-0.4, -0.2) is 42.3 Å². The van der Waals surface area contributed by atoms with E-state index in [4.69, 9.17) is 0 Å². The monoisotopic (exact) mass is 336 g/mol. The lowest BCUT2D eigenvalue weighted by Crippen LogP contribution is -2.39. The molecule has 128 valence electrons. The Labute approximate surface area is 145 Å². The third-order valence-corrected chi connectivity index (χ3v) is 4.78. The van der Waals surface area contributed by atoms with E-state index >= 15 is 0 Å². The molecule has 1 aliphatic rings. The van der Waals surface area contributed by atoms with Gasteiger partial charge >= 0.3 is 0 Å². The molecule has 0 saturated carbocycles. The van der Waals surface area contributed by atoms with Gasteiger partial charge in [-0.15, -0.1) is 0 Å². The molecule has 4 rings (SSSR count). The van der Waals surface area contributed by atoms with Gasteiger partial charge in [0.1, 0.15) is 6.33 Å². The van der Waals surface area contributed by atoms with E-state index < -0.39 is 0 Å². The third-order valence-electron chi connectivity index (χ3n) is 4.78. The van der Waals surface area contributed by atoms with E-state index in [0.717, 1.165) is 37.1 Å². The van der Waals surface area contributed by atoms with E-state index in [0.29, 0.717) is 11.4 Å². The van der Waals surface area contributed by atoms with Crippen LogP contribution in [0.5, 0.6) is 0 Å². The Morgan fingerprint density at radius 3 is 2.72 bits per heavy atom. The highest BCUT2D eigenvalue weighted by Gasteiger charge is 2.30. The van der Waals surface area contributed by atoms with Crippen LogP contribution in [0.15, 0.2) is 42.9 Å². The molecule has 1 fully saturated rings. The largest absolute Gasteiger partial charge is 0.330 e. The first-order valence-corrected chi connectivity index (χ1v) is 8.49. The van der Waals surface area contributed by atoms with Crippen molar-refractivity contribution < 1.29 is 4.79 Å². The number of benzene rings is 1. The van der Waals surface area contributed by atoms with E-state index in [1.807, 2.05) is 47.0 Å². The van der Waals surface area contributed by atoms with Crippen LogP contribution in [0.4, 0.5) is 0 Å². The van der Waals surface area contributed by atoms with E-state index in [1.165, 1.54) is 6.33 Å². The maximum atomic E-state index is 13.1. The molecule has 25 heavy (non-hydrogen) atoms. The second-order valence-corrected chi connectivity index (χ2v) is 6.30. The van der Waals surface area contributed by atoms with Gasteiger partial charge in [-0.3, -0.25) is 14.6 Å². The first-order chi connectivity index (χ1) is 12.2. The highest BCUT2D eigenvalue weighted by Crippen LogP contribution is 2.32. The molecular weight excluding hydrogens is 316 g/mol. The van der Waals surface area contributed by atoms with Crippen molar-refractivity contribution in [1.29, 1.82) is 0 Å². The van der Waals surface area contributed by atoms with Crippen LogP contribution in [0.3, 0.4) is 0 Å². The molecule has 1 aromatic carbocycles. The number of nitrogens with one attached hydrogen (secondary N) is 1. The van der Waals surface area contributed by atoms with Crippen LogP contribution >= 0.6 is 0 Å². The number of amides is 1. The van der Waals surface area contributed by atoms with Crippen molar-refractivity contribution >= 4 is 5.91 Å². The molecule has 7 nitrogen and oxygen atoms in total. The fourth-order valence-corrected chi connectivity index (χ4v) is 3.47. The average Bonchev–Trinajstić information content (AvgIpc) is 3.33. The standard InChI is InChI=1S/C18H20N6O/c1-23-15(9-10-21-23)16-4-2-3-11-24(16)18(25)14-7-5-13(6-8-14)17-19-12-20-22-17/h5-10,12,16H,2-4,11H2,1H3,(H,19,20,22). The van der Waals surface area contributed by atoms with Crippen LogP contribution in [0.25, 0.3) is 11.4 Å². The summed E-state index contributed by atoms with van der Waals surface area (Å²) in [5, 5.41) is 10.9. The van der Waals surface area contributed by atoms with Gasteiger partial charge in [0.15, 0.2) is 5.82 Å². The molecule has 1 atom stereocenters. The first-order valence-electron chi connectivity index (χ1n) is 8.49. The summed E-state index contributed by atoms with van der Waals surface area (Å²) in [7, 11) is 1.93. The number of likely N-dealkylation sites (tertiary alicyclic amines) is 1. The number of rotatable bonds is 3. The molecule has 1 saturated heterocycles. The molecule has 7 heteroatoms. The summed E-state index contributed by atoms with van der Waals surface area (Å²) in [6.07, 6.45) is 6.40. The van der Waals surface area contributed by atoms with Gasteiger partial charge in [-0.1, -0.05) is 12.1 Å². The lowest BCUT2D eigenvalue weighted by molar-refractivity contribution is 0.0601. The minimum Gasteiger partial charge on any atom is -0.330 e. The predicted molar refractivity (Wildman–Crippen MR) is 92.7 cm³/mol. The number of piperidine rings is 1. The number of carbonyl (C=O) groups excluding carboxylic acids is 1. The molecule has 0 radical (unpaired) electrons. The number of carbonyl (C=O) groups is 1. The van der Waals surface area contributed by atoms with Gasteiger partial charge in [0, 0.05) is 30.9 Å². The second kappa shape index (κ2) is 6.51. The van der Waals surface area contributed by atoms with Crippen LogP contribution in [0, 0.1) is 0 Å². The van der Waals surface area contributed by atoms with Gasteiger partial charge < -0.3 is 4.90 Å². The Kier molecular flexibility index (Phi) is 4.05. The number of hydrogen-bond donors (Lipinski definition) is 1. The number of aryl methyl sites for hydroxylation is 1. The molecular formula is C18H20N6O. The smallest absolute Gasteiger partial charge is 0.254 e. The number of H-pyrrole nitrogens is 1. The molecule has 2 aromatic heterocycles. The molecule has 0 aliphatic carbocycles. The van der Waals surface area contributed by atoms with Gasteiger partial charge in [-0.05, 0) is 37.5 Å². The fourth-order valence-electron chi connectivity index (χ4n) is 3.47. The van der Waals surface area contributed by atoms with E-state index in [1.54, 1.807) is 6.20 Å². The van der Waals surface area contributed by atoms with Gasteiger partial charge in [-0.25, -0.2) is 4.98 Å². The van der Waals surface area contributed by atoms with Crippen molar-refractivity contribution in [1.82, 2.24) is 29.9 Å². The van der Waals surface area contributed by atoms with Crippen LogP contribution < -0.4 is 0 Å². The van der Waals surface area contributed by atoms with Crippen molar-refractivity contribution in [2.45, 2.75) is 25.3 Å². The SMILES string of the molecule is Cn1nccc1C1CCCCN1C(=O)c1ccc(-c2ncn[nH]2)cc1. The van der Waals surface area contributed by atoms with Gasteiger partial charge in [0.25, 0.3) is 5.91 Å². The van der Waals surface area contributed by atoms with Crippen LogP contribution in [0.1, 0.15) is 41.4 Å². The van der Waals surface area contributed by atoms with Crippen LogP contribution in [0.2, 0.25) is 0 Å². The Bertz CT molecular complexity index is 852. The summed E-state index contributed by atoms with van der Waals surface area (Å²) in [6.45, 7) is 0.776. The quantitative estimate of drug-likeness (QED) is 0.797. The van der Waals surface area contributed by atoms with Crippen molar-refractivity contribution in [2.75, 3.05) is 6.54 Å². The summed E-state index contributed by atoms with van der Waals surface area (Å²) in [4.78, 5) is 19.2. The summed E-state index contributed by atoms with van der Waals surface area (Å²) in [5.74, 6) is 0.764. The van der Waals surface area contributed by atoms with Gasteiger partial charge in [0.05, 0.1) is 11.7 Å². The molecule has 3 heterocycles. The fraction of sp³-hybridized carbons (Fsp3) is 0.333. The summed E-state index contributed by atoms with van der Waals surface area (Å²) in [6, 6.07) is 9.60. The number of aromatic amines is 1. The van der Waals surface area contributed by atoms with E-state index in [2.05, 4.69) is 20.3 Å². The molecule has 1 amide bonds. The van der Waals surface area contributed by atoms with E-state index in [9.17, 15) is 4.79 Å². The summed E-state index contributed by atoms with van der Waals surface area (Å²) >= 11 is 0. The minimum atomic E-state index is 0.0648. The third kappa shape index (κ3) is 2.93. The zero-order valence-electron chi connectivity index (χ0n) is 14.1. The molecule has 1 N–H and O–H groups in total. The zero-order valence-corrected chi connectivity index (χ0v) is 14.1. The predicted octanol–water partition coefficient (Wildman–Crippen LogP) is 2.57. The Morgan fingerprint density at radius 2 is 2.04 bits per heavy atom. The van der Waals surface area contributed by atoms with Crippen molar-refractivity contribution in [2.24, 2.45) is 7.05 Å². The highest BCUT2D eigenvalue weighted by molar-refractivity contribution is 5.95. The maximum Gasteiger partial charge on any atom is 0.254 e. The van der Waals surface area contributed by atoms with Gasteiger partial charge in [-0.2, -0.15) is 10.2 Å². The summed E-state index contributed by atoms with van der Waals surface area (Å²) < 4.78 is 1.86. The molecule has 1 unspecified atom stereocenters. The molecule has 1 aliphatic heterocycles. The van der Waals surface area contributed by atoms with Crippen molar-refractivity contribution in [3.8, 4) is 11.4 Å². The topological polar surface area (TPSA) is 79.7 Å². The molecule has 0 spiro atoms. The Balaban J connectivity index is 1.59. The molecule has 0 bridgehead atoms. The average molecular weight is 336 g/mol. The first kappa shape index (κ1) is 15.6. The molecule has 3 aromatic rings. The lowest BCUT2D eigenvalue weighted by atomic mass is 9.98. The zero-order chi connectivity index (χ0) is 17.2. The second-order valence-electron chi connectivity index (χ2n) is 6.30. The normalized spacial score (nSPS) is 17.6. The van der Waals surface area contributed by atoms with Crippen LogP contribution in [-0.2, 0) is 7.05 Å². The number of hydrogen-bond acceptors (Lipinski definition) is 4. The number of nitrogens with zero attached hydrogens (tertiary/aromatic N) is 5. The number of aromatic nitrogens is 5. The van der Waals surface area contributed by atoms with Crippen molar-refractivity contribution in [3.63, 3.8) is 0 Å². The highest BCUT2D eigenvalue weighted by atomic mass is 16.2.